The van der Waals surface area contributed by atoms with Crippen molar-refractivity contribution in [2.45, 2.75) is 51.3 Å². The van der Waals surface area contributed by atoms with E-state index in [0.29, 0.717) is 6.04 Å². The minimum atomic E-state index is 0. The maximum Gasteiger partial charge on any atom is 0.191 e. The van der Waals surface area contributed by atoms with Gasteiger partial charge in [-0.3, -0.25) is 4.99 Å². The van der Waals surface area contributed by atoms with Crippen molar-refractivity contribution in [3.63, 3.8) is 0 Å². The number of nitrogens with one attached hydrogen (secondary N) is 2. The van der Waals surface area contributed by atoms with Gasteiger partial charge in [0.15, 0.2) is 5.96 Å². The summed E-state index contributed by atoms with van der Waals surface area (Å²) in [5.41, 5.74) is 1.08. The standard InChI is InChI=1S/C19H33N5S.HI/c1-6-20-18(21-14-19(3,4)25-5)23-16-10-12-24(13-11-16)17-9-7-8-15(2)22-17;/h7-9,16H,6,10-14H2,1-5H3,(H2,20,21,23);1H. The highest BCUT2D eigenvalue weighted by Crippen LogP contribution is 2.21. The van der Waals surface area contributed by atoms with Gasteiger partial charge in [0.1, 0.15) is 5.82 Å². The molecule has 0 aliphatic carbocycles. The van der Waals surface area contributed by atoms with Gasteiger partial charge in [-0.2, -0.15) is 11.8 Å². The summed E-state index contributed by atoms with van der Waals surface area (Å²) < 4.78 is 0.169. The van der Waals surface area contributed by atoms with Gasteiger partial charge in [0.2, 0.25) is 0 Å². The van der Waals surface area contributed by atoms with Crippen LogP contribution in [0.2, 0.25) is 0 Å². The number of hydrogen-bond acceptors (Lipinski definition) is 4. The molecule has 1 aromatic heterocycles. The van der Waals surface area contributed by atoms with Gasteiger partial charge in [0.25, 0.3) is 0 Å². The van der Waals surface area contributed by atoms with Crippen molar-refractivity contribution in [3.8, 4) is 0 Å². The van der Waals surface area contributed by atoms with Gasteiger partial charge >= 0.3 is 0 Å². The van der Waals surface area contributed by atoms with Crippen LogP contribution in [0.25, 0.3) is 0 Å². The predicted octanol–water partition coefficient (Wildman–Crippen LogP) is 3.67. The molecule has 0 saturated carbocycles. The molecule has 0 atom stereocenters. The lowest BCUT2D eigenvalue weighted by atomic mass is 10.1. The molecular weight excluding hydrogens is 457 g/mol. The molecule has 0 aromatic carbocycles. The van der Waals surface area contributed by atoms with Crippen LogP contribution in [0.5, 0.6) is 0 Å². The minimum Gasteiger partial charge on any atom is -0.357 e. The molecule has 1 saturated heterocycles. The van der Waals surface area contributed by atoms with Crippen LogP contribution in [0, 0.1) is 6.92 Å². The Labute approximate surface area is 180 Å². The molecule has 1 aliphatic rings. The van der Waals surface area contributed by atoms with E-state index >= 15 is 0 Å². The first kappa shape index (κ1) is 23.3. The summed E-state index contributed by atoms with van der Waals surface area (Å²) >= 11 is 1.86. The molecule has 0 radical (unpaired) electrons. The Morgan fingerprint density at radius 1 is 1.35 bits per heavy atom. The maximum absolute atomic E-state index is 4.79. The molecule has 148 valence electrons. The highest BCUT2D eigenvalue weighted by molar-refractivity contribution is 14.0. The Hall–Kier alpha value is -0.700. The first-order chi connectivity index (χ1) is 11.9. The molecule has 7 heteroatoms. The van der Waals surface area contributed by atoms with Crippen molar-refractivity contribution in [2.75, 3.05) is 37.3 Å². The number of aromatic nitrogens is 1. The predicted molar refractivity (Wildman–Crippen MR) is 126 cm³/mol. The Morgan fingerprint density at radius 3 is 2.62 bits per heavy atom. The van der Waals surface area contributed by atoms with Crippen molar-refractivity contribution < 1.29 is 0 Å². The molecule has 0 bridgehead atoms. The van der Waals surface area contributed by atoms with Gasteiger partial charge in [-0.1, -0.05) is 6.07 Å². The van der Waals surface area contributed by atoms with E-state index in [1.165, 1.54) is 0 Å². The second kappa shape index (κ2) is 11.2. The van der Waals surface area contributed by atoms with Crippen molar-refractivity contribution in [2.24, 2.45) is 4.99 Å². The van der Waals surface area contributed by atoms with Crippen molar-refractivity contribution in [3.05, 3.63) is 23.9 Å². The Balaban J connectivity index is 0.00000338. The minimum absolute atomic E-state index is 0. The van der Waals surface area contributed by atoms with E-state index in [2.05, 4.69) is 59.7 Å². The van der Waals surface area contributed by atoms with E-state index in [-0.39, 0.29) is 28.7 Å². The molecular formula is C19H34IN5S. The molecule has 2 rings (SSSR count). The lowest BCUT2D eigenvalue weighted by Gasteiger charge is -2.34. The molecule has 0 unspecified atom stereocenters. The number of piperidine rings is 1. The highest BCUT2D eigenvalue weighted by Gasteiger charge is 2.21. The monoisotopic (exact) mass is 491 g/mol. The third kappa shape index (κ3) is 7.50. The Morgan fingerprint density at radius 2 is 2.04 bits per heavy atom. The number of rotatable bonds is 6. The smallest absolute Gasteiger partial charge is 0.191 e. The molecule has 0 amide bonds. The summed E-state index contributed by atoms with van der Waals surface area (Å²) in [6.45, 7) is 12.4. The average molecular weight is 491 g/mol. The van der Waals surface area contributed by atoms with Crippen molar-refractivity contribution in [1.82, 2.24) is 15.6 Å². The molecule has 5 nitrogen and oxygen atoms in total. The van der Waals surface area contributed by atoms with Crippen LogP contribution in [-0.4, -0.2) is 54.2 Å². The van der Waals surface area contributed by atoms with E-state index < -0.39 is 0 Å². The van der Waals surface area contributed by atoms with Crippen LogP contribution >= 0.6 is 35.7 Å². The second-order valence-electron chi connectivity index (χ2n) is 7.20. The molecule has 0 spiro atoms. The average Bonchev–Trinajstić information content (AvgIpc) is 2.61. The molecule has 1 aromatic rings. The molecule has 1 fully saturated rings. The zero-order chi connectivity index (χ0) is 18.3. The van der Waals surface area contributed by atoms with Crippen molar-refractivity contribution >= 4 is 47.5 Å². The van der Waals surface area contributed by atoms with Gasteiger partial charge in [-0.15, -0.1) is 24.0 Å². The lowest BCUT2D eigenvalue weighted by molar-refractivity contribution is 0.459. The van der Waals surface area contributed by atoms with Gasteiger partial charge in [0.05, 0.1) is 6.54 Å². The maximum atomic E-state index is 4.79. The van der Waals surface area contributed by atoms with E-state index in [9.17, 15) is 0 Å². The van der Waals surface area contributed by atoms with E-state index in [1.54, 1.807) is 0 Å². The summed E-state index contributed by atoms with van der Waals surface area (Å²) in [5.74, 6) is 2.04. The van der Waals surface area contributed by atoms with Crippen LogP contribution in [0.4, 0.5) is 5.82 Å². The van der Waals surface area contributed by atoms with Gasteiger partial charge in [0, 0.05) is 36.1 Å². The molecule has 26 heavy (non-hydrogen) atoms. The highest BCUT2D eigenvalue weighted by atomic mass is 127. The number of nitrogens with zero attached hydrogens (tertiary/aromatic N) is 3. The number of aliphatic imine (C=N–C) groups is 1. The second-order valence-corrected chi connectivity index (χ2v) is 8.72. The van der Waals surface area contributed by atoms with E-state index in [1.807, 2.05) is 24.8 Å². The fourth-order valence-corrected chi connectivity index (χ4v) is 3.00. The lowest BCUT2D eigenvalue weighted by Crippen LogP contribution is -2.49. The van der Waals surface area contributed by atoms with Crippen LogP contribution in [0.15, 0.2) is 23.2 Å². The fraction of sp³-hybridized carbons (Fsp3) is 0.684. The van der Waals surface area contributed by atoms with Crippen molar-refractivity contribution in [1.29, 1.82) is 0 Å². The topological polar surface area (TPSA) is 52.6 Å². The number of halogens is 1. The number of guanidine groups is 1. The van der Waals surface area contributed by atoms with Gasteiger partial charge < -0.3 is 15.5 Å². The largest absolute Gasteiger partial charge is 0.357 e. The summed E-state index contributed by atoms with van der Waals surface area (Å²) in [4.78, 5) is 11.8. The summed E-state index contributed by atoms with van der Waals surface area (Å²) in [6.07, 6.45) is 4.35. The zero-order valence-electron chi connectivity index (χ0n) is 16.7. The summed E-state index contributed by atoms with van der Waals surface area (Å²) in [7, 11) is 0. The van der Waals surface area contributed by atoms with E-state index in [0.717, 1.165) is 56.5 Å². The number of hydrogen-bond donors (Lipinski definition) is 2. The van der Waals surface area contributed by atoms with Crippen LogP contribution in [-0.2, 0) is 0 Å². The quantitative estimate of drug-likeness (QED) is 0.361. The van der Waals surface area contributed by atoms with Gasteiger partial charge in [-0.05, 0) is 58.9 Å². The summed E-state index contributed by atoms with van der Waals surface area (Å²) in [5, 5.41) is 7.00. The number of thioether (sulfide) groups is 1. The third-order valence-electron chi connectivity index (χ3n) is 4.55. The fourth-order valence-electron chi connectivity index (χ4n) is 2.81. The number of pyridine rings is 1. The van der Waals surface area contributed by atoms with Crippen LogP contribution in [0.1, 0.15) is 39.3 Å². The third-order valence-corrected chi connectivity index (χ3v) is 5.78. The molecule has 2 heterocycles. The molecule has 1 aliphatic heterocycles. The van der Waals surface area contributed by atoms with Crippen LogP contribution < -0.4 is 15.5 Å². The first-order valence-electron chi connectivity index (χ1n) is 9.22. The Kier molecular flexibility index (Phi) is 10.1. The van der Waals surface area contributed by atoms with Crippen LogP contribution in [0.3, 0.4) is 0 Å². The Bertz CT molecular complexity index is 571. The SMILES string of the molecule is CCNC(=NCC(C)(C)SC)NC1CCN(c2cccc(C)n2)CC1.I. The van der Waals surface area contributed by atoms with Gasteiger partial charge in [-0.25, -0.2) is 4.98 Å². The normalized spacial score (nSPS) is 16.2. The zero-order valence-corrected chi connectivity index (χ0v) is 19.9. The molecule has 2 N–H and O–H groups in total. The number of anilines is 1. The van der Waals surface area contributed by atoms with E-state index in [4.69, 9.17) is 4.99 Å². The summed E-state index contributed by atoms with van der Waals surface area (Å²) in [6, 6.07) is 6.71. The number of aryl methyl sites for hydroxylation is 1. The first-order valence-corrected chi connectivity index (χ1v) is 10.4.